The smallest absolute Gasteiger partial charge is 0.263 e. The third kappa shape index (κ3) is 1.73. The van der Waals surface area contributed by atoms with Gasteiger partial charge in [-0.3, -0.25) is 9.59 Å². The number of nitrogens with zero attached hydrogens (tertiary/aromatic N) is 1. The van der Waals surface area contributed by atoms with Crippen molar-refractivity contribution < 1.29 is 14.7 Å². The average Bonchev–Trinajstić information content (AvgIpc) is 2.53. The highest BCUT2D eigenvalue weighted by molar-refractivity contribution is 6.08. The minimum Gasteiger partial charge on any atom is -0.375 e. The summed E-state index contributed by atoms with van der Waals surface area (Å²) in [5.74, 6) is -0.742. The maximum Gasteiger partial charge on any atom is 0.263 e. The Hall–Kier alpha value is -1.68. The van der Waals surface area contributed by atoms with Crippen molar-refractivity contribution in [2.45, 2.75) is 25.9 Å². The molecule has 1 N–H and O–H groups in total. The number of carbonyl (C=O) groups is 2. The Labute approximate surface area is 106 Å². The second kappa shape index (κ2) is 4.21. The third-order valence-corrected chi connectivity index (χ3v) is 3.44. The number of anilines is 1. The van der Waals surface area contributed by atoms with Crippen LogP contribution in [0.5, 0.6) is 0 Å². The fourth-order valence-electron chi connectivity index (χ4n) is 2.25. The lowest BCUT2D eigenvalue weighted by atomic mass is 9.87. The van der Waals surface area contributed by atoms with Crippen LogP contribution in [0.3, 0.4) is 0 Å². The Morgan fingerprint density at radius 3 is 2.61 bits per heavy atom. The minimum absolute atomic E-state index is 0.115. The number of hydrogen-bond acceptors (Lipinski definition) is 3. The summed E-state index contributed by atoms with van der Waals surface area (Å²) in [7, 11) is 1.61. The van der Waals surface area contributed by atoms with Crippen LogP contribution in [0.4, 0.5) is 5.69 Å². The zero-order valence-electron chi connectivity index (χ0n) is 10.8. The molecule has 1 unspecified atom stereocenters. The van der Waals surface area contributed by atoms with E-state index < -0.39 is 11.5 Å². The second-order valence-corrected chi connectivity index (χ2v) is 5.04. The van der Waals surface area contributed by atoms with Crippen LogP contribution in [0.25, 0.3) is 0 Å². The van der Waals surface area contributed by atoms with Gasteiger partial charge in [0.25, 0.3) is 5.91 Å². The normalized spacial score (nSPS) is 22.5. The van der Waals surface area contributed by atoms with Crippen LogP contribution in [-0.2, 0) is 15.2 Å². The van der Waals surface area contributed by atoms with Gasteiger partial charge in [-0.25, -0.2) is 0 Å². The Balaban J connectivity index is 2.44. The number of likely N-dealkylation sites (N-methyl/N-ethyl adjacent to an activating group) is 1. The van der Waals surface area contributed by atoms with Gasteiger partial charge >= 0.3 is 0 Å². The predicted octanol–water partition coefficient (Wildman–Crippen LogP) is 1.47. The van der Waals surface area contributed by atoms with Crippen molar-refractivity contribution in [1.82, 2.24) is 0 Å². The van der Waals surface area contributed by atoms with E-state index in [0.29, 0.717) is 11.3 Å². The molecule has 1 aliphatic rings. The van der Waals surface area contributed by atoms with Gasteiger partial charge in [-0.15, -0.1) is 0 Å². The highest BCUT2D eigenvalue weighted by atomic mass is 16.3. The molecule has 1 aromatic rings. The van der Waals surface area contributed by atoms with E-state index in [2.05, 4.69) is 0 Å². The zero-order chi connectivity index (χ0) is 13.5. The first kappa shape index (κ1) is 12.8. The molecule has 1 aliphatic heterocycles. The van der Waals surface area contributed by atoms with Crippen LogP contribution in [0.15, 0.2) is 24.3 Å². The summed E-state index contributed by atoms with van der Waals surface area (Å²) in [5.41, 5.74) is -0.514. The third-order valence-electron chi connectivity index (χ3n) is 3.44. The van der Waals surface area contributed by atoms with E-state index in [9.17, 15) is 14.7 Å². The Morgan fingerprint density at radius 2 is 2.00 bits per heavy atom. The molecule has 0 spiro atoms. The summed E-state index contributed by atoms with van der Waals surface area (Å²) in [6, 6.07) is 7.03. The Morgan fingerprint density at radius 1 is 1.39 bits per heavy atom. The second-order valence-electron chi connectivity index (χ2n) is 5.04. The first-order chi connectivity index (χ1) is 8.38. The molecular weight excluding hydrogens is 230 g/mol. The SMILES string of the molecule is CC(C)C(=O)CC1(O)C(=O)N(C)c2ccccc21. The van der Waals surface area contributed by atoms with Crippen molar-refractivity contribution in [2.75, 3.05) is 11.9 Å². The van der Waals surface area contributed by atoms with E-state index in [1.54, 1.807) is 45.2 Å². The van der Waals surface area contributed by atoms with Gasteiger partial charge in [0.15, 0.2) is 5.60 Å². The van der Waals surface area contributed by atoms with E-state index in [1.807, 2.05) is 0 Å². The molecule has 2 rings (SSSR count). The van der Waals surface area contributed by atoms with Crippen LogP contribution < -0.4 is 4.90 Å². The largest absolute Gasteiger partial charge is 0.375 e. The summed E-state index contributed by atoms with van der Waals surface area (Å²) in [6.45, 7) is 3.53. The zero-order valence-corrected chi connectivity index (χ0v) is 10.8. The molecule has 1 atom stereocenters. The highest BCUT2D eigenvalue weighted by Crippen LogP contribution is 2.41. The number of ketones is 1. The van der Waals surface area contributed by atoms with Gasteiger partial charge < -0.3 is 10.0 Å². The fraction of sp³-hybridized carbons (Fsp3) is 0.429. The van der Waals surface area contributed by atoms with Crippen LogP contribution in [0, 0.1) is 5.92 Å². The van der Waals surface area contributed by atoms with Crippen molar-refractivity contribution in [3.8, 4) is 0 Å². The molecule has 0 fully saturated rings. The maximum atomic E-state index is 12.2. The quantitative estimate of drug-likeness (QED) is 0.879. The number of rotatable bonds is 3. The number of carbonyl (C=O) groups excluding carboxylic acids is 2. The summed E-state index contributed by atoms with van der Waals surface area (Å²) in [4.78, 5) is 25.4. The van der Waals surface area contributed by atoms with Crippen LogP contribution in [0.1, 0.15) is 25.8 Å². The van der Waals surface area contributed by atoms with Crippen LogP contribution >= 0.6 is 0 Å². The molecule has 0 aliphatic carbocycles. The molecule has 4 heteroatoms. The van der Waals surface area contributed by atoms with Crippen LogP contribution in [0.2, 0.25) is 0 Å². The highest BCUT2D eigenvalue weighted by Gasteiger charge is 2.49. The lowest BCUT2D eigenvalue weighted by Crippen LogP contribution is -2.40. The van der Waals surface area contributed by atoms with E-state index in [0.717, 1.165) is 0 Å². The monoisotopic (exact) mass is 247 g/mol. The first-order valence-corrected chi connectivity index (χ1v) is 6.00. The van der Waals surface area contributed by atoms with Crippen LogP contribution in [-0.4, -0.2) is 23.8 Å². The predicted molar refractivity (Wildman–Crippen MR) is 68.2 cm³/mol. The van der Waals surface area contributed by atoms with Crippen molar-refractivity contribution in [3.05, 3.63) is 29.8 Å². The van der Waals surface area contributed by atoms with Gasteiger partial charge in [-0.05, 0) is 6.07 Å². The molecule has 1 heterocycles. The molecule has 1 amide bonds. The molecule has 0 radical (unpaired) electrons. The Bertz CT molecular complexity index is 510. The number of amides is 1. The number of aliphatic hydroxyl groups is 1. The van der Waals surface area contributed by atoms with Gasteiger partial charge in [0.2, 0.25) is 0 Å². The average molecular weight is 247 g/mol. The molecule has 4 nitrogen and oxygen atoms in total. The summed E-state index contributed by atoms with van der Waals surface area (Å²) in [6.07, 6.45) is -0.162. The van der Waals surface area contributed by atoms with E-state index in [-0.39, 0.29) is 18.1 Å². The molecule has 1 aromatic carbocycles. The fourth-order valence-corrected chi connectivity index (χ4v) is 2.25. The van der Waals surface area contributed by atoms with Crippen molar-refractivity contribution >= 4 is 17.4 Å². The minimum atomic E-state index is -1.70. The standard InChI is InChI=1S/C14H17NO3/c1-9(2)12(16)8-14(18)10-6-4-5-7-11(10)15(3)13(14)17/h4-7,9,18H,8H2,1-3H3. The molecule has 0 bridgehead atoms. The van der Waals surface area contributed by atoms with Gasteiger partial charge in [-0.1, -0.05) is 32.0 Å². The molecule has 96 valence electrons. The number of hydrogen-bond donors (Lipinski definition) is 1. The van der Waals surface area contributed by atoms with E-state index >= 15 is 0 Å². The van der Waals surface area contributed by atoms with Gasteiger partial charge in [0, 0.05) is 24.9 Å². The summed E-state index contributed by atoms with van der Waals surface area (Å²) in [5, 5.41) is 10.6. The number of fused-ring (bicyclic) bond motifs is 1. The lowest BCUT2D eigenvalue weighted by Gasteiger charge is -2.21. The topological polar surface area (TPSA) is 57.6 Å². The van der Waals surface area contributed by atoms with E-state index in [1.165, 1.54) is 4.90 Å². The maximum absolute atomic E-state index is 12.2. The summed E-state index contributed by atoms with van der Waals surface area (Å²) < 4.78 is 0. The van der Waals surface area contributed by atoms with Crippen molar-refractivity contribution in [3.63, 3.8) is 0 Å². The van der Waals surface area contributed by atoms with Gasteiger partial charge in [-0.2, -0.15) is 0 Å². The van der Waals surface area contributed by atoms with Gasteiger partial charge in [0.1, 0.15) is 5.78 Å². The lowest BCUT2D eigenvalue weighted by molar-refractivity contribution is -0.142. The molecule has 0 saturated carbocycles. The van der Waals surface area contributed by atoms with E-state index in [4.69, 9.17) is 0 Å². The molecule has 0 saturated heterocycles. The number of benzene rings is 1. The Kier molecular flexibility index (Phi) is 2.99. The van der Waals surface area contributed by atoms with Crippen molar-refractivity contribution in [1.29, 1.82) is 0 Å². The molecular formula is C14H17NO3. The summed E-state index contributed by atoms with van der Waals surface area (Å²) >= 11 is 0. The first-order valence-electron chi connectivity index (χ1n) is 6.00. The molecule has 0 aromatic heterocycles. The number of Topliss-reactive ketones (excluding diaryl/α,β-unsaturated/α-hetero) is 1. The molecule has 18 heavy (non-hydrogen) atoms. The van der Waals surface area contributed by atoms with Gasteiger partial charge in [0.05, 0.1) is 5.69 Å². The number of para-hydroxylation sites is 1. The van der Waals surface area contributed by atoms with Crippen molar-refractivity contribution in [2.24, 2.45) is 5.92 Å².